The van der Waals surface area contributed by atoms with Gasteiger partial charge in [-0.3, -0.25) is 0 Å². The lowest BCUT2D eigenvalue weighted by molar-refractivity contribution is 1.04. The van der Waals surface area contributed by atoms with E-state index in [-0.39, 0.29) is 0 Å². The van der Waals surface area contributed by atoms with Crippen LogP contribution >= 0.6 is 0 Å². The Morgan fingerprint density at radius 3 is 0.905 bits per heavy atom. The lowest BCUT2D eigenvalue weighted by Crippen LogP contribution is -1.96. The molecule has 0 aliphatic heterocycles. The van der Waals surface area contributed by atoms with E-state index in [9.17, 15) is 0 Å². The predicted molar refractivity (Wildman–Crippen MR) is 93.2 cm³/mol. The van der Waals surface area contributed by atoms with E-state index < -0.39 is 0 Å². The second-order valence-corrected chi connectivity index (χ2v) is 5.91. The summed E-state index contributed by atoms with van der Waals surface area (Å²) in [5.41, 5.74) is 8.78. The van der Waals surface area contributed by atoms with E-state index in [2.05, 4.69) is 64.1 Å². The van der Waals surface area contributed by atoms with Crippen LogP contribution in [0.1, 0.15) is 61.1 Å². The van der Waals surface area contributed by atoms with Gasteiger partial charge in [0.05, 0.1) is 0 Å². The monoisotopic (exact) mass is 280 g/mol. The number of hydrogen-bond donors (Lipinski definition) is 0. The molecular weight excluding hydrogens is 252 g/mol. The summed E-state index contributed by atoms with van der Waals surface area (Å²) in [6.07, 6.45) is 5.54. The molecule has 0 N–H and O–H groups in total. The van der Waals surface area contributed by atoms with Crippen LogP contribution in [0, 0.1) is 0 Å². The van der Waals surface area contributed by atoms with Crippen LogP contribution in [0.3, 0.4) is 0 Å². The van der Waals surface area contributed by atoms with E-state index >= 15 is 0 Å². The molecule has 0 heteroatoms. The molecule has 21 heavy (non-hydrogen) atoms. The molecule has 0 fully saturated rings. The highest BCUT2D eigenvalue weighted by Crippen LogP contribution is 2.19. The maximum atomic E-state index is 2.38. The topological polar surface area (TPSA) is 0 Å². The first-order valence-corrected chi connectivity index (χ1v) is 8.41. The van der Waals surface area contributed by atoms with E-state index in [1.165, 1.54) is 33.4 Å². The molecule has 0 radical (unpaired) electrons. The summed E-state index contributed by atoms with van der Waals surface area (Å²) in [5.74, 6) is 0. The fourth-order valence-electron chi connectivity index (χ4n) is 2.94. The number of benzene rings is 2. The Balaban J connectivity index is 2.32. The molecule has 0 amide bonds. The summed E-state index contributed by atoms with van der Waals surface area (Å²) >= 11 is 0. The quantitative estimate of drug-likeness (QED) is 0.653. The molecule has 0 aliphatic carbocycles. The van der Waals surface area contributed by atoms with Crippen molar-refractivity contribution in [3.8, 4) is 0 Å². The largest absolute Gasteiger partial charge is 0.0613 e. The third kappa shape index (κ3) is 4.20. The maximum Gasteiger partial charge on any atom is -0.00254 e. The first-order chi connectivity index (χ1) is 10.2. The van der Waals surface area contributed by atoms with Crippen LogP contribution in [-0.4, -0.2) is 0 Å². The van der Waals surface area contributed by atoms with Gasteiger partial charge in [-0.25, -0.2) is 0 Å². The molecular formula is C21H28. The molecule has 0 atom stereocenters. The molecule has 2 aromatic carbocycles. The van der Waals surface area contributed by atoms with Crippen LogP contribution in [-0.2, 0) is 32.1 Å². The van der Waals surface area contributed by atoms with Gasteiger partial charge in [-0.1, -0.05) is 64.1 Å². The second kappa shape index (κ2) is 7.45. The smallest absolute Gasteiger partial charge is 0.00254 e. The SMILES string of the molecule is CCc1cc(CC)cc(Cc2cc(CC)cc(CC)c2)c1. The van der Waals surface area contributed by atoms with Gasteiger partial charge in [0.1, 0.15) is 0 Å². The molecule has 0 heterocycles. The highest BCUT2D eigenvalue weighted by Gasteiger charge is 2.04. The Labute approximate surface area is 130 Å². The van der Waals surface area contributed by atoms with Gasteiger partial charge in [-0.15, -0.1) is 0 Å². The number of aryl methyl sites for hydroxylation is 4. The molecule has 0 unspecified atom stereocenters. The molecule has 0 saturated carbocycles. The van der Waals surface area contributed by atoms with E-state index in [0.29, 0.717) is 0 Å². The van der Waals surface area contributed by atoms with Crippen LogP contribution in [0.15, 0.2) is 36.4 Å². The fourth-order valence-corrected chi connectivity index (χ4v) is 2.94. The van der Waals surface area contributed by atoms with Gasteiger partial charge in [-0.2, -0.15) is 0 Å². The van der Waals surface area contributed by atoms with Crippen molar-refractivity contribution in [1.82, 2.24) is 0 Å². The summed E-state index contributed by atoms with van der Waals surface area (Å²) in [6.45, 7) is 8.97. The van der Waals surface area contributed by atoms with Crippen molar-refractivity contribution in [2.45, 2.75) is 59.8 Å². The molecule has 0 nitrogen and oxygen atoms in total. The lowest BCUT2D eigenvalue weighted by Gasteiger charge is -2.11. The fraction of sp³-hybridized carbons (Fsp3) is 0.429. The Morgan fingerprint density at radius 1 is 0.429 bits per heavy atom. The van der Waals surface area contributed by atoms with Crippen molar-refractivity contribution in [3.63, 3.8) is 0 Å². The molecule has 112 valence electrons. The Hall–Kier alpha value is -1.56. The van der Waals surface area contributed by atoms with E-state index in [0.717, 1.165) is 32.1 Å². The summed E-state index contributed by atoms with van der Waals surface area (Å²) in [6, 6.07) is 14.2. The van der Waals surface area contributed by atoms with Crippen molar-refractivity contribution in [1.29, 1.82) is 0 Å². The molecule has 0 spiro atoms. The first kappa shape index (κ1) is 15.8. The third-order valence-electron chi connectivity index (χ3n) is 4.27. The maximum absolute atomic E-state index is 2.38. The molecule has 0 saturated heterocycles. The number of rotatable bonds is 6. The first-order valence-electron chi connectivity index (χ1n) is 8.41. The molecule has 2 rings (SSSR count). The van der Waals surface area contributed by atoms with Crippen LogP contribution in [0.25, 0.3) is 0 Å². The van der Waals surface area contributed by atoms with Crippen LogP contribution in [0.5, 0.6) is 0 Å². The third-order valence-corrected chi connectivity index (χ3v) is 4.27. The van der Waals surface area contributed by atoms with Crippen molar-refractivity contribution >= 4 is 0 Å². The highest BCUT2D eigenvalue weighted by molar-refractivity contribution is 5.37. The van der Waals surface area contributed by atoms with Crippen LogP contribution in [0.4, 0.5) is 0 Å². The van der Waals surface area contributed by atoms with Crippen LogP contribution < -0.4 is 0 Å². The normalized spacial score (nSPS) is 10.9. The number of hydrogen-bond acceptors (Lipinski definition) is 0. The minimum atomic E-state index is 1.06. The molecule has 2 aromatic rings. The Bertz CT molecular complexity index is 495. The summed E-state index contributed by atoms with van der Waals surface area (Å²) < 4.78 is 0. The van der Waals surface area contributed by atoms with Gasteiger partial charge in [0.25, 0.3) is 0 Å². The minimum Gasteiger partial charge on any atom is -0.0613 e. The van der Waals surface area contributed by atoms with Gasteiger partial charge in [0.2, 0.25) is 0 Å². The van der Waals surface area contributed by atoms with Crippen molar-refractivity contribution in [2.75, 3.05) is 0 Å². The zero-order chi connectivity index (χ0) is 15.2. The molecule has 0 aliphatic rings. The van der Waals surface area contributed by atoms with Gasteiger partial charge in [0.15, 0.2) is 0 Å². The van der Waals surface area contributed by atoms with Crippen molar-refractivity contribution in [2.24, 2.45) is 0 Å². The predicted octanol–water partition coefficient (Wildman–Crippen LogP) is 5.53. The van der Waals surface area contributed by atoms with E-state index in [4.69, 9.17) is 0 Å². The zero-order valence-electron chi connectivity index (χ0n) is 14.0. The average Bonchev–Trinajstić information content (AvgIpc) is 2.53. The Morgan fingerprint density at radius 2 is 0.667 bits per heavy atom. The van der Waals surface area contributed by atoms with E-state index in [1.807, 2.05) is 0 Å². The van der Waals surface area contributed by atoms with Gasteiger partial charge < -0.3 is 0 Å². The van der Waals surface area contributed by atoms with E-state index in [1.54, 1.807) is 0 Å². The molecule has 0 bridgehead atoms. The van der Waals surface area contributed by atoms with Crippen LogP contribution in [0.2, 0.25) is 0 Å². The zero-order valence-corrected chi connectivity index (χ0v) is 14.0. The Kier molecular flexibility index (Phi) is 5.61. The average molecular weight is 280 g/mol. The van der Waals surface area contributed by atoms with Crippen molar-refractivity contribution in [3.05, 3.63) is 69.8 Å². The second-order valence-electron chi connectivity index (χ2n) is 5.91. The standard InChI is InChI=1S/C21H28/c1-5-16-9-17(6-2)12-20(11-16)15-21-13-18(7-3)10-19(8-4)14-21/h9-14H,5-8,15H2,1-4H3. The summed E-state index contributed by atoms with van der Waals surface area (Å²) in [7, 11) is 0. The minimum absolute atomic E-state index is 1.06. The highest BCUT2D eigenvalue weighted by atomic mass is 14.1. The summed E-state index contributed by atoms with van der Waals surface area (Å²) in [4.78, 5) is 0. The van der Waals surface area contributed by atoms with Gasteiger partial charge >= 0.3 is 0 Å². The molecule has 0 aromatic heterocycles. The van der Waals surface area contributed by atoms with Gasteiger partial charge in [-0.05, 0) is 65.5 Å². The summed E-state index contributed by atoms with van der Waals surface area (Å²) in [5, 5.41) is 0. The van der Waals surface area contributed by atoms with Crippen molar-refractivity contribution < 1.29 is 0 Å². The lowest BCUT2D eigenvalue weighted by atomic mass is 9.95. The van der Waals surface area contributed by atoms with Gasteiger partial charge in [0, 0.05) is 0 Å².